The number of nitrogens with one attached hydrogen (secondary N) is 2. The molecule has 158 valence electrons. The number of urea groups is 1. The van der Waals surface area contributed by atoms with E-state index in [0.29, 0.717) is 5.69 Å². The van der Waals surface area contributed by atoms with Crippen LogP contribution in [0, 0.1) is 11.8 Å². The van der Waals surface area contributed by atoms with Gasteiger partial charge in [0, 0.05) is 18.7 Å². The van der Waals surface area contributed by atoms with E-state index in [1.807, 2.05) is 55.5 Å². The number of carbonyl (C=O) groups is 3. The highest BCUT2D eigenvalue weighted by Crippen LogP contribution is 2.45. The minimum atomic E-state index is -0.821. The summed E-state index contributed by atoms with van der Waals surface area (Å²) in [7, 11) is 1.53. The molecule has 0 saturated carbocycles. The lowest BCUT2D eigenvalue weighted by atomic mass is 9.85. The number of likely N-dealkylation sites (N-methyl/N-ethyl adjacent to an activating group) is 1. The van der Waals surface area contributed by atoms with Crippen LogP contribution >= 0.6 is 0 Å². The van der Waals surface area contributed by atoms with Gasteiger partial charge in [0.2, 0.25) is 5.91 Å². The molecule has 3 rings (SSSR count). The van der Waals surface area contributed by atoms with E-state index in [1.165, 1.54) is 11.9 Å². The van der Waals surface area contributed by atoms with Crippen LogP contribution in [-0.4, -0.2) is 42.5 Å². The molecule has 0 spiro atoms. The summed E-state index contributed by atoms with van der Waals surface area (Å²) in [6.45, 7) is 3.78. The molecule has 0 bridgehead atoms. The second kappa shape index (κ2) is 9.43. The Bertz CT molecular complexity index is 888. The van der Waals surface area contributed by atoms with Crippen LogP contribution in [0.25, 0.3) is 0 Å². The number of hydrogen-bond acceptors (Lipinski definition) is 4. The van der Waals surface area contributed by atoms with E-state index in [0.717, 1.165) is 5.56 Å². The highest BCUT2D eigenvalue weighted by Gasteiger charge is 2.55. The number of rotatable bonds is 5. The Morgan fingerprint density at radius 3 is 2.17 bits per heavy atom. The summed E-state index contributed by atoms with van der Waals surface area (Å²) >= 11 is 0. The van der Waals surface area contributed by atoms with Gasteiger partial charge in [-0.15, -0.1) is 0 Å². The molecule has 7 nitrogen and oxygen atoms in total. The van der Waals surface area contributed by atoms with Crippen molar-refractivity contribution in [2.45, 2.75) is 25.9 Å². The quantitative estimate of drug-likeness (QED) is 0.743. The Hall–Kier alpha value is -3.35. The molecule has 1 saturated heterocycles. The molecule has 0 aromatic heterocycles. The van der Waals surface area contributed by atoms with Crippen LogP contribution in [0.3, 0.4) is 0 Å². The fraction of sp³-hybridized carbons (Fsp3) is 0.348. The van der Waals surface area contributed by atoms with Gasteiger partial charge in [-0.25, -0.2) is 4.79 Å². The van der Waals surface area contributed by atoms with E-state index in [2.05, 4.69) is 10.6 Å². The molecule has 30 heavy (non-hydrogen) atoms. The van der Waals surface area contributed by atoms with Crippen LogP contribution in [-0.2, 0) is 14.3 Å². The van der Waals surface area contributed by atoms with E-state index in [1.54, 1.807) is 19.1 Å². The van der Waals surface area contributed by atoms with Gasteiger partial charge >= 0.3 is 12.0 Å². The number of anilines is 1. The summed E-state index contributed by atoms with van der Waals surface area (Å²) in [6.07, 6.45) is 0. The Balaban J connectivity index is 2.07. The number of carbonyl (C=O) groups excluding carboxylic acids is 3. The predicted molar refractivity (Wildman–Crippen MR) is 114 cm³/mol. The number of hydrogen-bond donors (Lipinski definition) is 2. The average molecular weight is 409 g/mol. The number of ether oxygens (including phenoxy) is 1. The fourth-order valence-electron chi connectivity index (χ4n) is 4.16. The van der Waals surface area contributed by atoms with Crippen molar-refractivity contribution < 1.29 is 19.1 Å². The molecule has 0 aliphatic carbocycles. The maximum absolute atomic E-state index is 13.4. The summed E-state index contributed by atoms with van der Waals surface area (Å²) in [6, 6.07) is 16.4. The van der Waals surface area contributed by atoms with Crippen molar-refractivity contribution in [3.8, 4) is 0 Å². The lowest BCUT2D eigenvalue weighted by Gasteiger charge is -2.31. The third-order valence-electron chi connectivity index (χ3n) is 5.48. The van der Waals surface area contributed by atoms with Crippen molar-refractivity contribution in [2.75, 3.05) is 19.0 Å². The van der Waals surface area contributed by atoms with Crippen molar-refractivity contribution in [1.82, 2.24) is 10.2 Å². The number of benzene rings is 2. The molecule has 2 aromatic rings. The molecule has 1 heterocycles. The van der Waals surface area contributed by atoms with Crippen LogP contribution in [0.1, 0.15) is 25.5 Å². The lowest BCUT2D eigenvalue weighted by Crippen LogP contribution is -2.49. The van der Waals surface area contributed by atoms with Crippen LogP contribution in [0.2, 0.25) is 0 Å². The maximum Gasteiger partial charge on any atom is 0.323 e. The highest BCUT2D eigenvalue weighted by atomic mass is 16.5. The molecule has 2 aromatic carbocycles. The maximum atomic E-state index is 13.4. The normalized spacial score (nSPS) is 23.0. The smallest absolute Gasteiger partial charge is 0.323 e. The minimum Gasteiger partial charge on any atom is -0.466 e. The summed E-state index contributed by atoms with van der Waals surface area (Å²) in [5.74, 6) is -1.84. The third-order valence-corrected chi connectivity index (χ3v) is 5.48. The first kappa shape index (κ1) is 21.4. The van der Waals surface area contributed by atoms with Crippen LogP contribution in [0.4, 0.5) is 10.5 Å². The van der Waals surface area contributed by atoms with Crippen molar-refractivity contribution in [2.24, 2.45) is 11.8 Å². The van der Waals surface area contributed by atoms with Gasteiger partial charge in [0.1, 0.15) is 6.04 Å². The third kappa shape index (κ3) is 4.15. The number of likely N-dealkylation sites (tertiary alicyclic amines) is 1. The standard InChI is InChI=1S/C23H27N3O4/c1-4-30-22(28)18-15(2)19(21(27)24-3)26(20(18)16-11-7-5-8-12-16)23(29)25-17-13-9-6-10-14-17/h5-15,18-20H,4H2,1-3H3,(H,24,27)(H,25,29). The summed E-state index contributed by atoms with van der Waals surface area (Å²) in [5.41, 5.74) is 1.38. The van der Waals surface area contributed by atoms with Crippen LogP contribution in [0.5, 0.6) is 0 Å². The van der Waals surface area contributed by atoms with Gasteiger partial charge in [0.05, 0.1) is 18.6 Å². The zero-order valence-corrected chi connectivity index (χ0v) is 17.4. The Kier molecular flexibility index (Phi) is 6.72. The largest absolute Gasteiger partial charge is 0.466 e. The van der Waals surface area contributed by atoms with Gasteiger partial charge in [-0.05, 0) is 24.6 Å². The van der Waals surface area contributed by atoms with Gasteiger partial charge in [-0.2, -0.15) is 0 Å². The Morgan fingerprint density at radius 2 is 1.60 bits per heavy atom. The highest BCUT2D eigenvalue weighted by molar-refractivity contribution is 5.96. The number of nitrogens with zero attached hydrogens (tertiary/aromatic N) is 1. The first-order valence-electron chi connectivity index (χ1n) is 10.1. The van der Waals surface area contributed by atoms with E-state index in [9.17, 15) is 14.4 Å². The van der Waals surface area contributed by atoms with Gasteiger partial charge in [0.25, 0.3) is 0 Å². The van der Waals surface area contributed by atoms with Gasteiger partial charge in [-0.1, -0.05) is 55.5 Å². The Morgan fingerprint density at radius 1 is 1.00 bits per heavy atom. The predicted octanol–water partition coefficient (Wildman–Crippen LogP) is 3.21. The number of esters is 1. The topological polar surface area (TPSA) is 87.7 Å². The summed E-state index contributed by atoms with van der Waals surface area (Å²) < 4.78 is 5.33. The van der Waals surface area contributed by atoms with E-state index >= 15 is 0 Å². The minimum absolute atomic E-state index is 0.227. The monoisotopic (exact) mass is 409 g/mol. The molecule has 1 fully saturated rings. The van der Waals surface area contributed by atoms with Crippen LogP contribution in [0.15, 0.2) is 60.7 Å². The molecule has 0 radical (unpaired) electrons. The van der Waals surface area contributed by atoms with E-state index in [4.69, 9.17) is 4.74 Å². The van der Waals surface area contributed by atoms with Gasteiger partial charge < -0.3 is 20.3 Å². The molecule has 2 N–H and O–H groups in total. The number of para-hydroxylation sites is 1. The van der Waals surface area contributed by atoms with Crippen LogP contribution < -0.4 is 10.6 Å². The van der Waals surface area contributed by atoms with Crippen molar-refractivity contribution in [3.63, 3.8) is 0 Å². The molecule has 4 unspecified atom stereocenters. The van der Waals surface area contributed by atoms with E-state index in [-0.39, 0.29) is 12.5 Å². The fourth-order valence-corrected chi connectivity index (χ4v) is 4.16. The number of amides is 3. The zero-order valence-electron chi connectivity index (χ0n) is 17.4. The molecule has 4 atom stereocenters. The molecule has 7 heteroatoms. The van der Waals surface area contributed by atoms with Crippen molar-refractivity contribution >= 4 is 23.6 Å². The second-order valence-corrected chi connectivity index (χ2v) is 7.26. The van der Waals surface area contributed by atoms with E-state index < -0.39 is 35.9 Å². The average Bonchev–Trinajstić information content (AvgIpc) is 3.08. The molecule has 3 amide bonds. The summed E-state index contributed by atoms with van der Waals surface area (Å²) in [5, 5.41) is 5.50. The van der Waals surface area contributed by atoms with Gasteiger partial charge in [-0.3, -0.25) is 9.59 Å². The Labute approximate surface area is 176 Å². The van der Waals surface area contributed by atoms with Crippen molar-refractivity contribution in [1.29, 1.82) is 0 Å². The second-order valence-electron chi connectivity index (χ2n) is 7.26. The molecular formula is C23H27N3O4. The lowest BCUT2D eigenvalue weighted by molar-refractivity contribution is -0.150. The SMILES string of the molecule is CCOC(=O)C1C(C)C(C(=O)NC)N(C(=O)Nc2ccccc2)C1c1ccccc1. The summed E-state index contributed by atoms with van der Waals surface area (Å²) in [4.78, 5) is 40.6. The molecular weight excluding hydrogens is 382 g/mol. The van der Waals surface area contributed by atoms with Crippen molar-refractivity contribution in [3.05, 3.63) is 66.2 Å². The van der Waals surface area contributed by atoms with Gasteiger partial charge in [0.15, 0.2) is 0 Å². The zero-order chi connectivity index (χ0) is 21.7. The molecule has 1 aliphatic rings. The molecule has 1 aliphatic heterocycles. The first-order chi connectivity index (χ1) is 14.5. The first-order valence-corrected chi connectivity index (χ1v) is 10.1.